The normalized spacial score (nSPS) is 11.1. The molecule has 0 bridgehead atoms. The lowest BCUT2D eigenvalue weighted by Crippen LogP contribution is -2.12. The maximum Gasteiger partial charge on any atom is 0.273 e. The molecule has 0 aliphatic heterocycles. The molecular weight excluding hydrogens is 298 g/mol. The maximum atomic E-state index is 11.1. The molecule has 7 nitrogen and oxygen atoms in total. The Kier molecular flexibility index (Phi) is 4.27. The summed E-state index contributed by atoms with van der Waals surface area (Å²) in [7, 11) is 0. The highest BCUT2D eigenvalue weighted by Gasteiger charge is 2.16. The topological polar surface area (TPSA) is 123 Å². The van der Waals surface area contributed by atoms with Crippen molar-refractivity contribution in [3.8, 4) is 17.4 Å². The molecule has 0 unspecified atom stereocenters. The molecule has 0 spiro atoms. The first kappa shape index (κ1) is 16.0. The van der Waals surface area contributed by atoms with Crippen LogP contribution in [0.2, 0.25) is 0 Å². The van der Waals surface area contributed by atoms with Crippen LogP contribution in [0.5, 0.6) is 0 Å². The summed E-state index contributed by atoms with van der Waals surface area (Å²) in [4.78, 5) is 21.7. The maximum absolute atomic E-state index is 11.1. The molecule has 0 aliphatic rings. The molecule has 2 aromatic rings. The third-order valence-corrected chi connectivity index (χ3v) is 3.42. The summed E-state index contributed by atoms with van der Waals surface area (Å²) >= 11 is 0. The van der Waals surface area contributed by atoms with E-state index >= 15 is 0 Å². The number of primary amides is 1. The molecule has 116 valence electrons. The van der Waals surface area contributed by atoms with Gasteiger partial charge in [0.1, 0.15) is 23.2 Å². The highest BCUT2D eigenvalue weighted by atomic mass is 16.6. The van der Waals surface area contributed by atoms with Crippen molar-refractivity contribution in [2.24, 2.45) is 5.73 Å². The molecule has 0 aliphatic carbocycles. The smallest absolute Gasteiger partial charge is 0.273 e. The van der Waals surface area contributed by atoms with Crippen LogP contribution in [0, 0.1) is 35.3 Å². The Bertz CT molecular complexity index is 872. The Balaban J connectivity index is 2.48. The Morgan fingerprint density at radius 3 is 2.65 bits per heavy atom. The minimum Gasteiger partial charge on any atom is -0.457 e. The van der Waals surface area contributed by atoms with E-state index in [-0.39, 0.29) is 17.0 Å². The summed E-state index contributed by atoms with van der Waals surface area (Å²) in [6.45, 7) is 3.45. The van der Waals surface area contributed by atoms with E-state index in [0.29, 0.717) is 16.9 Å². The SMILES string of the molecule is Cc1cc(-c2ccc(/C=C(\C#N)C(N)=O)o2)cc([N+](=O)[O-])c1C. The fraction of sp³-hybridized carbons (Fsp3) is 0.125. The first-order chi connectivity index (χ1) is 10.8. The molecule has 0 saturated heterocycles. The van der Waals surface area contributed by atoms with Crippen LogP contribution < -0.4 is 5.73 Å². The van der Waals surface area contributed by atoms with Crippen LogP contribution >= 0.6 is 0 Å². The molecule has 0 fully saturated rings. The number of rotatable bonds is 4. The first-order valence-electron chi connectivity index (χ1n) is 6.61. The average Bonchev–Trinajstić information content (AvgIpc) is 2.95. The number of nitrogens with two attached hydrogens (primary N) is 1. The lowest BCUT2D eigenvalue weighted by atomic mass is 10.0. The van der Waals surface area contributed by atoms with Gasteiger partial charge in [0.05, 0.1) is 4.92 Å². The van der Waals surface area contributed by atoms with Crippen molar-refractivity contribution in [3.63, 3.8) is 0 Å². The number of hydrogen-bond donors (Lipinski definition) is 1. The number of nitro benzene ring substituents is 1. The van der Waals surface area contributed by atoms with E-state index in [1.165, 1.54) is 12.1 Å². The number of nitriles is 1. The van der Waals surface area contributed by atoms with Crippen LogP contribution in [0.25, 0.3) is 17.4 Å². The average molecular weight is 311 g/mol. The molecule has 0 radical (unpaired) electrons. The number of amides is 1. The number of furan rings is 1. The van der Waals surface area contributed by atoms with Crippen LogP contribution in [0.1, 0.15) is 16.9 Å². The summed E-state index contributed by atoms with van der Waals surface area (Å²) in [6.07, 6.45) is 1.22. The lowest BCUT2D eigenvalue weighted by Gasteiger charge is -2.04. The van der Waals surface area contributed by atoms with Gasteiger partial charge in [-0.1, -0.05) is 0 Å². The minimum absolute atomic E-state index is 0.00309. The van der Waals surface area contributed by atoms with E-state index in [4.69, 9.17) is 15.4 Å². The summed E-state index contributed by atoms with van der Waals surface area (Å²) in [6, 6.07) is 8.03. The van der Waals surface area contributed by atoms with Crippen LogP contribution in [0.4, 0.5) is 5.69 Å². The van der Waals surface area contributed by atoms with Crippen LogP contribution in [-0.4, -0.2) is 10.8 Å². The van der Waals surface area contributed by atoms with Gasteiger partial charge in [0.25, 0.3) is 11.6 Å². The van der Waals surface area contributed by atoms with Crippen LogP contribution in [0.3, 0.4) is 0 Å². The summed E-state index contributed by atoms with van der Waals surface area (Å²) in [5.74, 6) is -0.201. The zero-order valence-electron chi connectivity index (χ0n) is 12.5. The largest absolute Gasteiger partial charge is 0.457 e. The minimum atomic E-state index is -0.854. The second kappa shape index (κ2) is 6.15. The molecule has 23 heavy (non-hydrogen) atoms. The van der Waals surface area contributed by atoms with Crippen molar-refractivity contribution in [3.05, 3.63) is 56.8 Å². The van der Waals surface area contributed by atoms with Crippen molar-refractivity contribution in [2.75, 3.05) is 0 Å². The van der Waals surface area contributed by atoms with Gasteiger partial charge in [-0.25, -0.2) is 0 Å². The number of hydrogen-bond acceptors (Lipinski definition) is 5. The van der Waals surface area contributed by atoms with Crippen LogP contribution in [-0.2, 0) is 4.79 Å². The van der Waals surface area contributed by atoms with Crippen molar-refractivity contribution in [2.45, 2.75) is 13.8 Å². The highest BCUT2D eigenvalue weighted by molar-refractivity contribution is 6.00. The fourth-order valence-electron chi connectivity index (χ4n) is 2.06. The van der Waals surface area contributed by atoms with Crippen molar-refractivity contribution in [1.82, 2.24) is 0 Å². The third-order valence-electron chi connectivity index (χ3n) is 3.42. The molecule has 2 N–H and O–H groups in total. The number of carbonyl (C=O) groups is 1. The van der Waals surface area contributed by atoms with Gasteiger partial charge in [0.15, 0.2) is 0 Å². The number of carbonyl (C=O) groups excluding carboxylic acids is 1. The van der Waals surface area contributed by atoms with Crippen LogP contribution in [0.15, 0.2) is 34.3 Å². The molecule has 7 heteroatoms. The van der Waals surface area contributed by atoms with E-state index in [1.807, 2.05) is 0 Å². The number of aryl methyl sites for hydroxylation is 1. The van der Waals surface area contributed by atoms with E-state index in [2.05, 4.69) is 0 Å². The van der Waals surface area contributed by atoms with Crippen molar-refractivity contribution >= 4 is 17.7 Å². The van der Waals surface area contributed by atoms with Gasteiger partial charge >= 0.3 is 0 Å². The molecule has 1 aromatic carbocycles. The number of benzene rings is 1. The van der Waals surface area contributed by atoms with E-state index < -0.39 is 10.8 Å². The Morgan fingerprint density at radius 2 is 2.09 bits per heavy atom. The van der Waals surface area contributed by atoms with E-state index in [0.717, 1.165) is 5.56 Å². The molecule has 2 rings (SSSR count). The Hall–Kier alpha value is -3.40. The van der Waals surface area contributed by atoms with Gasteiger partial charge in [-0.3, -0.25) is 14.9 Å². The molecule has 1 aromatic heterocycles. The lowest BCUT2D eigenvalue weighted by molar-refractivity contribution is -0.385. The van der Waals surface area contributed by atoms with Gasteiger partial charge in [0, 0.05) is 23.3 Å². The highest BCUT2D eigenvalue weighted by Crippen LogP contribution is 2.31. The Morgan fingerprint density at radius 1 is 1.39 bits per heavy atom. The van der Waals surface area contributed by atoms with Gasteiger partial charge in [-0.15, -0.1) is 0 Å². The van der Waals surface area contributed by atoms with Gasteiger partial charge < -0.3 is 10.2 Å². The van der Waals surface area contributed by atoms with Gasteiger partial charge in [0.2, 0.25) is 0 Å². The number of nitro groups is 1. The fourth-order valence-corrected chi connectivity index (χ4v) is 2.06. The molecule has 0 atom stereocenters. The molecular formula is C16H13N3O4. The second-order valence-electron chi connectivity index (χ2n) is 4.93. The van der Waals surface area contributed by atoms with Gasteiger partial charge in [-0.05, 0) is 37.6 Å². The molecule has 1 amide bonds. The predicted molar refractivity (Wildman–Crippen MR) is 83.1 cm³/mol. The van der Waals surface area contributed by atoms with Gasteiger partial charge in [-0.2, -0.15) is 5.26 Å². The third kappa shape index (κ3) is 3.27. The van der Waals surface area contributed by atoms with E-state index in [1.54, 1.807) is 38.1 Å². The Labute approximate surface area is 131 Å². The van der Waals surface area contributed by atoms with E-state index in [9.17, 15) is 14.9 Å². The zero-order valence-corrected chi connectivity index (χ0v) is 12.5. The predicted octanol–water partition coefficient (Wildman–Crippen LogP) is 2.86. The summed E-state index contributed by atoms with van der Waals surface area (Å²) in [5, 5.41) is 19.9. The van der Waals surface area contributed by atoms with Crippen molar-refractivity contribution < 1.29 is 14.1 Å². The molecule has 0 saturated carbocycles. The summed E-state index contributed by atoms with van der Waals surface area (Å²) < 4.78 is 5.52. The summed E-state index contributed by atoms with van der Waals surface area (Å²) in [5.41, 5.74) is 6.71. The second-order valence-corrected chi connectivity index (χ2v) is 4.93. The first-order valence-corrected chi connectivity index (χ1v) is 6.61. The van der Waals surface area contributed by atoms with Crippen molar-refractivity contribution in [1.29, 1.82) is 5.26 Å². The zero-order chi connectivity index (χ0) is 17.1. The molecule has 1 heterocycles. The standard InChI is InChI=1S/C16H13N3O4/c1-9-5-11(7-14(10(9)2)19(21)22)15-4-3-13(23-15)6-12(8-17)16(18)20/h3-7H,1-2H3,(H2,18,20)/b12-6+. The monoisotopic (exact) mass is 311 g/mol. The quantitative estimate of drug-likeness (QED) is 0.402. The number of nitrogens with zero attached hydrogens (tertiary/aromatic N) is 2.